The summed E-state index contributed by atoms with van der Waals surface area (Å²) in [6, 6.07) is 5.71. The molecule has 0 unspecified atom stereocenters. The van der Waals surface area contributed by atoms with Gasteiger partial charge in [0.2, 0.25) is 11.0 Å². The van der Waals surface area contributed by atoms with Crippen molar-refractivity contribution < 1.29 is 4.79 Å². The van der Waals surface area contributed by atoms with Crippen LogP contribution >= 0.6 is 11.3 Å². The lowest BCUT2D eigenvalue weighted by Gasteiger charge is -1.97. The molecular formula is C11H13N5OS. The molecule has 0 aliphatic carbocycles. The lowest BCUT2D eigenvalue weighted by atomic mass is 10.3. The van der Waals surface area contributed by atoms with E-state index in [4.69, 9.17) is 5.73 Å². The van der Waals surface area contributed by atoms with Gasteiger partial charge in [0.25, 0.3) is 0 Å². The predicted octanol–water partition coefficient (Wildman–Crippen LogP) is 0.811. The lowest BCUT2D eigenvalue weighted by Crippen LogP contribution is -2.15. The van der Waals surface area contributed by atoms with Crippen LogP contribution < -0.4 is 11.1 Å². The number of nitrogens with zero attached hydrogens (tertiary/aromatic N) is 3. The number of carbonyl (C=O) groups is 1. The summed E-state index contributed by atoms with van der Waals surface area (Å²) in [6.07, 6.45) is 2.64. The Labute approximate surface area is 108 Å². The molecule has 0 bridgehead atoms. The third-order valence-electron chi connectivity index (χ3n) is 2.14. The summed E-state index contributed by atoms with van der Waals surface area (Å²) in [5, 5.41) is 11.9. The van der Waals surface area contributed by atoms with Crippen LogP contribution in [0.15, 0.2) is 24.4 Å². The maximum Gasteiger partial charge on any atom is 0.227 e. The topological polar surface area (TPSA) is 93.8 Å². The molecule has 3 N–H and O–H groups in total. The first kappa shape index (κ1) is 12.6. The Hall–Kier alpha value is -1.86. The summed E-state index contributed by atoms with van der Waals surface area (Å²) < 4.78 is 0. The Bertz CT molecular complexity index is 513. The molecule has 1 amide bonds. The number of nitrogens with one attached hydrogen (secondary N) is 1. The normalized spacial score (nSPS) is 10.3. The van der Waals surface area contributed by atoms with Crippen molar-refractivity contribution in [3.63, 3.8) is 0 Å². The largest absolute Gasteiger partial charge is 0.330 e. The number of carbonyl (C=O) groups excluding carboxylic acids is 1. The molecule has 0 saturated carbocycles. The third-order valence-corrected chi connectivity index (χ3v) is 2.98. The lowest BCUT2D eigenvalue weighted by molar-refractivity contribution is -0.116. The Morgan fingerprint density at radius 1 is 1.39 bits per heavy atom. The smallest absolute Gasteiger partial charge is 0.227 e. The van der Waals surface area contributed by atoms with Gasteiger partial charge < -0.3 is 11.1 Å². The zero-order chi connectivity index (χ0) is 12.8. The molecule has 7 heteroatoms. The fourth-order valence-electron chi connectivity index (χ4n) is 1.35. The van der Waals surface area contributed by atoms with Gasteiger partial charge in [0.1, 0.15) is 5.01 Å². The van der Waals surface area contributed by atoms with Crippen LogP contribution in [0.3, 0.4) is 0 Å². The van der Waals surface area contributed by atoms with Gasteiger partial charge in [-0.25, -0.2) is 0 Å². The first-order valence-electron chi connectivity index (χ1n) is 5.50. The summed E-state index contributed by atoms with van der Waals surface area (Å²) in [6.45, 7) is 0.325. The zero-order valence-electron chi connectivity index (χ0n) is 9.67. The maximum absolute atomic E-state index is 11.3. The van der Waals surface area contributed by atoms with Crippen molar-refractivity contribution in [1.82, 2.24) is 15.2 Å². The van der Waals surface area contributed by atoms with E-state index in [1.54, 1.807) is 6.20 Å². The molecule has 2 aromatic rings. The third kappa shape index (κ3) is 3.57. The van der Waals surface area contributed by atoms with Crippen LogP contribution in [0.5, 0.6) is 0 Å². The average molecular weight is 263 g/mol. The maximum atomic E-state index is 11.3. The fourth-order valence-corrected chi connectivity index (χ4v) is 2.12. The highest BCUT2D eigenvalue weighted by molar-refractivity contribution is 7.15. The standard InChI is InChI=1S/C11H13N5OS/c12-5-4-9(17)14-11-16-15-10(18-11)7-8-3-1-2-6-13-8/h1-3,6H,4-5,7,12H2,(H,14,16,17). The van der Waals surface area contributed by atoms with E-state index in [2.05, 4.69) is 20.5 Å². The van der Waals surface area contributed by atoms with Gasteiger partial charge in [-0.05, 0) is 12.1 Å². The highest BCUT2D eigenvalue weighted by Crippen LogP contribution is 2.17. The van der Waals surface area contributed by atoms with Crippen LogP contribution in [-0.2, 0) is 11.2 Å². The Balaban J connectivity index is 1.96. The first-order chi connectivity index (χ1) is 8.78. The minimum atomic E-state index is -0.141. The van der Waals surface area contributed by atoms with E-state index in [0.29, 0.717) is 18.1 Å². The Morgan fingerprint density at radius 3 is 3.00 bits per heavy atom. The molecule has 0 radical (unpaired) electrons. The van der Waals surface area contributed by atoms with Crippen molar-refractivity contribution in [3.05, 3.63) is 35.1 Å². The molecule has 0 spiro atoms. The number of hydrogen-bond acceptors (Lipinski definition) is 6. The van der Waals surface area contributed by atoms with Gasteiger partial charge >= 0.3 is 0 Å². The molecule has 94 valence electrons. The van der Waals surface area contributed by atoms with Crippen LogP contribution in [0.4, 0.5) is 5.13 Å². The van der Waals surface area contributed by atoms with Crippen molar-refractivity contribution >= 4 is 22.4 Å². The van der Waals surface area contributed by atoms with Crippen LogP contribution in [0.2, 0.25) is 0 Å². The van der Waals surface area contributed by atoms with Crippen LogP contribution in [0.1, 0.15) is 17.1 Å². The second-order valence-corrected chi connectivity index (χ2v) is 4.65. The van der Waals surface area contributed by atoms with E-state index >= 15 is 0 Å². The summed E-state index contributed by atoms with van der Waals surface area (Å²) >= 11 is 1.35. The summed E-state index contributed by atoms with van der Waals surface area (Å²) in [5.74, 6) is -0.141. The number of pyridine rings is 1. The number of hydrogen-bond donors (Lipinski definition) is 2. The molecule has 2 aromatic heterocycles. The molecule has 0 aliphatic heterocycles. The first-order valence-corrected chi connectivity index (χ1v) is 6.32. The van der Waals surface area contributed by atoms with E-state index in [-0.39, 0.29) is 12.3 Å². The summed E-state index contributed by atoms with van der Waals surface area (Å²) in [4.78, 5) is 15.5. The summed E-state index contributed by atoms with van der Waals surface area (Å²) in [7, 11) is 0. The highest BCUT2D eigenvalue weighted by Gasteiger charge is 2.08. The Morgan fingerprint density at radius 2 is 2.28 bits per heavy atom. The van der Waals surface area contributed by atoms with E-state index in [0.717, 1.165) is 10.7 Å². The molecule has 2 heterocycles. The minimum Gasteiger partial charge on any atom is -0.330 e. The molecule has 18 heavy (non-hydrogen) atoms. The van der Waals surface area contributed by atoms with Gasteiger partial charge in [-0.15, -0.1) is 10.2 Å². The molecule has 0 atom stereocenters. The van der Waals surface area contributed by atoms with E-state index in [9.17, 15) is 4.79 Å². The average Bonchev–Trinajstić information content (AvgIpc) is 2.78. The van der Waals surface area contributed by atoms with Crippen LogP contribution in [0.25, 0.3) is 0 Å². The fraction of sp³-hybridized carbons (Fsp3) is 0.273. The van der Waals surface area contributed by atoms with Crippen molar-refractivity contribution in [1.29, 1.82) is 0 Å². The van der Waals surface area contributed by atoms with Gasteiger partial charge in [-0.1, -0.05) is 17.4 Å². The molecule has 6 nitrogen and oxygen atoms in total. The predicted molar refractivity (Wildman–Crippen MR) is 69.3 cm³/mol. The van der Waals surface area contributed by atoms with E-state index in [1.807, 2.05) is 18.2 Å². The van der Waals surface area contributed by atoms with Crippen LogP contribution in [-0.4, -0.2) is 27.6 Å². The number of rotatable bonds is 5. The van der Waals surface area contributed by atoms with Crippen molar-refractivity contribution in [3.8, 4) is 0 Å². The second kappa shape index (κ2) is 6.18. The minimum absolute atomic E-state index is 0.141. The molecule has 0 saturated heterocycles. The highest BCUT2D eigenvalue weighted by atomic mass is 32.1. The van der Waals surface area contributed by atoms with E-state index in [1.165, 1.54) is 11.3 Å². The van der Waals surface area contributed by atoms with Crippen molar-refractivity contribution in [2.75, 3.05) is 11.9 Å². The second-order valence-electron chi connectivity index (χ2n) is 3.59. The monoisotopic (exact) mass is 263 g/mol. The van der Waals surface area contributed by atoms with Gasteiger partial charge in [0, 0.05) is 31.3 Å². The molecule has 2 rings (SSSR count). The van der Waals surface area contributed by atoms with Gasteiger partial charge in [0.15, 0.2) is 0 Å². The zero-order valence-corrected chi connectivity index (χ0v) is 10.5. The quantitative estimate of drug-likeness (QED) is 0.832. The van der Waals surface area contributed by atoms with Gasteiger partial charge in [-0.3, -0.25) is 9.78 Å². The van der Waals surface area contributed by atoms with Gasteiger partial charge in [-0.2, -0.15) is 0 Å². The molecule has 0 aliphatic rings. The SMILES string of the molecule is NCCC(=O)Nc1nnc(Cc2ccccn2)s1. The number of amides is 1. The van der Waals surface area contributed by atoms with Gasteiger partial charge in [0.05, 0.1) is 0 Å². The summed E-state index contributed by atoms with van der Waals surface area (Å²) in [5.41, 5.74) is 6.21. The molecule has 0 fully saturated rings. The van der Waals surface area contributed by atoms with Crippen LogP contribution in [0, 0.1) is 0 Å². The number of nitrogens with two attached hydrogens (primary N) is 1. The molecular weight excluding hydrogens is 250 g/mol. The van der Waals surface area contributed by atoms with Crippen molar-refractivity contribution in [2.24, 2.45) is 5.73 Å². The van der Waals surface area contributed by atoms with E-state index < -0.39 is 0 Å². The Kier molecular flexibility index (Phi) is 4.32. The number of aromatic nitrogens is 3. The number of anilines is 1. The van der Waals surface area contributed by atoms with Crippen molar-refractivity contribution in [2.45, 2.75) is 12.8 Å². The molecule has 0 aromatic carbocycles.